The van der Waals surface area contributed by atoms with E-state index in [4.69, 9.17) is 14.5 Å². The van der Waals surface area contributed by atoms with E-state index in [-0.39, 0.29) is 10.8 Å². The highest BCUT2D eigenvalue weighted by molar-refractivity contribution is 5.55. The zero-order chi connectivity index (χ0) is 25.4. The molecule has 1 spiro atoms. The Labute approximate surface area is 204 Å². The second-order valence-corrected chi connectivity index (χ2v) is 12.1. The average Bonchev–Trinajstić information content (AvgIpc) is 3.05. The van der Waals surface area contributed by atoms with Gasteiger partial charge in [0.1, 0.15) is 6.10 Å². The number of aliphatic hydroxyl groups excluding tert-OH is 1. The first kappa shape index (κ1) is 24.7. The minimum absolute atomic E-state index is 0.0854. The Kier molecular flexibility index (Phi) is 5.67. The fraction of sp³-hybridized carbons (Fsp3) is 0.607. The topological polar surface area (TPSA) is 51.6 Å². The second-order valence-electron chi connectivity index (χ2n) is 12.1. The zero-order valence-electron chi connectivity index (χ0n) is 21.1. The molecule has 0 bridgehead atoms. The number of ether oxygens (including phenoxy) is 2. The van der Waals surface area contributed by atoms with Crippen molar-refractivity contribution in [1.29, 1.82) is 0 Å². The standard InChI is InChI=1S/C28H34F3NO3/c1-25(2,3)24-21-22(20-18(32-24)14-26(4,5)15-19(20)33)27(10-12-34-13-11-27)35-23(21)16-6-8-17(9-7-16)28(29,30)31/h6-9,19,23,33H,10-15H2,1-5H3/t19-,23+/m0/s1. The lowest BCUT2D eigenvalue weighted by Gasteiger charge is -2.40. The normalized spacial score (nSPS) is 25.4. The van der Waals surface area contributed by atoms with E-state index in [9.17, 15) is 18.3 Å². The molecule has 2 atom stereocenters. The van der Waals surface area contributed by atoms with E-state index in [0.717, 1.165) is 46.6 Å². The number of nitrogens with zero attached hydrogens (tertiary/aromatic N) is 1. The summed E-state index contributed by atoms with van der Waals surface area (Å²) in [5, 5.41) is 11.4. The maximum Gasteiger partial charge on any atom is 0.416 e. The van der Waals surface area contributed by atoms with Crippen LogP contribution in [0, 0.1) is 5.41 Å². The Morgan fingerprint density at radius 1 is 1.00 bits per heavy atom. The summed E-state index contributed by atoms with van der Waals surface area (Å²) in [7, 11) is 0. The zero-order valence-corrected chi connectivity index (χ0v) is 21.1. The van der Waals surface area contributed by atoms with Crippen LogP contribution >= 0.6 is 0 Å². The molecule has 1 N–H and O–H groups in total. The third-order valence-electron chi connectivity index (χ3n) is 7.69. The molecule has 0 amide bonds. The van der Waals surface area contributed by atoms with Crippen LogP contribution in [-0.4, -0.2) is 23.3 Å². The molecule has 1 aromatic heterocycles. The van der Waals surface area contributed by atoms with Gasteiger partial charge in [-0.2, -0.15) is 13.2 Å². The van der Waals surface area contributed by atoms with Crippen molar-refractivity contribution in [3.63, 3.8) is 0 Å². The Bertz CT molecular complexity index is 1130. The third kappa shape index (κ3) is 4.19. The van der Waals surface area contributed by atoms with Crippen LogP contribution in [-0.2, 0) is 33.1 Å². The molecular weight excluding hydrogens is 455 g/mol. The highest BCUT2D eigenvalue weighted by Crippen LogP contribution is 2.58. The second kappa shape index (κ2) is 8.02. The minimum Gasteiger partial charge on any atom is -0.388 e. The van der Waals surface area contributed by atoms with Gasteiger partial charge in [-0.1, -0.05) is 46.8 Å². The first-order chi connectivity index (χ1) is 16.2. The van der Waals surface area contributed by atoms with E-state index in [2.05, 4.69) is 34.6 Å². The molecule has 1 saturated heterocycles. The number of halogens is 3. The maximum atomic E-state index is 13.3. The quantitative estimate of drug-likeness (QED) is 0.495. The fourth-order valence-corrected chi connectivity index (χ4v) is 6.12. The smallest absolute Gasteiger partial charge is 0.388 e. The molecule has 1 aromatic carbocycles. The summed E-state index contributed by atoms with van der Waals surface area (Å²) in [6.45, 7) is 11.7. The van der Waals surface area contributed by atoms with Crippen LogP contribution in [0.2, 0.25) is 0 Å². The molecule has 3 aliphatic rings. The lowest BCUT2D eigenvalue weighted by Crippen LogP contribution is -2.37. The van der Waals surface area contributed by atoms with E-state index in [1.807, 2.05) is 0 Å². The van der Waals surface area contributed by atoms with Gasteiger partial charge in [0.25, 0.3) is 0 Å². The van der Waals surface area contributed by atoms with Crippen molar-refractivity contribution in [2.45, 2.75) is 89.7 Å². The van der Waals surface area contributed by atoms with Crippen LogP contribution in [0.1, 0.15) is 105 Å². The minimum atomic E-state index is -4.40. The number of hydrogen-bond donors (Lipinski definition) is 1. The molecule has 7 heteroatoms. The van der Waals surface area contributed by atoms with Crippen LogP contribution in [0.25, 0.3) is 0 Å². The van der Waals surface area contributed by atoms with Gasteiger partial charge in [0.2, 0.25) is 0 Å². The molecular formula is C28H34F3NO3. The van der Waals surface area contributed by atoms with E-state index in [0.29, 0.717) is 38.0 Å². The molecule has 5 rings (SSSR count). The number of pyridine rings is 1. The maximum absolute atomic E-state index is 13.3. The molecule has 0 unspecified atom stereocenters. The van der Waals surface area contributed by atoms with Crippen molar-refractivity contribution < 1.29 is 27.8 Å². The monoisotopic (exact) mass is 489 g/mol. The number of aliphatic hydroxyl groups is 1. The van der Waals surface area contributed by atoms with Gasteiger partial charge in [0.05, 0.1) is 23.0 Å². The Hall–Kier alpha value is -1.96. The Morgan fingerprint density at radius 3 is 2.20 bits per heavy atom. The lowest BCUT2D eigenvalue weighted by atomic mass is 9.69. The van der Waals surface area contributed by atoms with Gasteiger partial charge in [0.15, 0.2) is 0 Å². The van der Waals surface area contributed by atoms with Gasteiger partial charge in [0, 0.05) is 48.3 Å². The number of rotatable bonds is 1. The van der Waals surface area contributed by atoms with Gasteiger partial charge in [-0.25, -0.2) is 0 Å². The van der Waals surface area contributed by atoms with E-state index in [1.54, 1.807) is 0 Å². The van der Waals surface area contributed by atoms with Crippen LogP contribution in [0.4, 0.5) is 13.2 Å². The summed E-state index contributed by atoms with van der Waals surface area (Å²) in [5.41, 5.74) is 3.51. The predicted octanol–water partition coefficient (Wildman–Crippen LogP) is 6.53. The number of alkyl halides is 3. The summed E-state index contributed by atoms with van der Waals surface area (Å²) in [6, 6.07) is 5.27. The molecule has 4 nitrogen and oxygen atoms in total. The Morgan fingerprint density at radius 2 is 1.63 bits per heavy atom. The first-order valence-corrected chi connectivity index (χ1v) is 12.4. The van der Waals surface area contributed by atoms with Gasteiger partial charge in [-0.15, -0.1) is 0 Å². The molecule has 2 aromatic rings. The highest BCUT2D eigenvalue weighted by atomic mass is 19.4. The molecule has 190 valence electrons. The number of fused-ring (bicyclic) bond motifs is 4. The molecule has 0 saturated carbocycles. The largest absolute Gasteiger partial charge is 0.416 e. The van der Waals surface area contributed by atoms with E-state index in [1.165, 1.54) is 12.1 Å². The van der Waals surface area contributed by atoms with Crippen LogP contribution in [0.15, 0.2) is 24.3 Å². The van der Waals surface area contributed by atoms with Crippen LogP contribution in [0.5, 0.6) is 0 Å². The van der Waals surface area contributed by atoms with Crippen LogP contribution < -0.4 is 0 Å². The molecule has 2 aliphatic heterocycles. The van der Waals surface area contributed by atoms with Crippen molar-refractivity contribution in [2.24, 2.45) is 5.41 Å². The Balaban J connectivity index is 1.77. The number of hydrogen-bond acceptors (Lipinski definition) is 4. The van der Waals surface area contributed by atoms with Gasteiger partial charge >= 0.3 is 6.18 Å². The third-order valence-corrected chi connectivity index (χ3v) is 7.69. The molecule has 0 radical (unpaired) electrons. The first-order valence-electron chi connectivity index (χ1n) is 12.4. The van der Waals surface area contributed by atoms with Crippen molar-refractivity contribution in [3.8, 4) is 0 Å². The van der Waals surface area contributed by atoms with Gasteiger partial charge in [-0.05, 0) is 41.5 Å². The molecule has 1 fully saturated rings. The summed E-state index contributed by atoms with van der Waals surface area (Å²) in [6.07, 6.45) is -2.98. The fourth-order valence-electron chi connectivity index (χ4n) is 6.12. The van der Waals surface area contributed by atoms with E-state index >= 15 is 0 Å². The molecule has 1 aliphatic carbocycles. The molecule has 35 heavy (non-hydrogen) atoms. The SMILES string of the molecule is CC1(C)Cc2nc(C(C)(C)C)c3c(c2[C@@H](O)C1)C1(CCOCC1)O[C@@H]3c1ccc(C(F)(F)F)cc1. The summed E-state index contributed by atoms with van der Waals surface area (Å²) >= 11 is 0. The van der Waals surface area contributed by atoms with Crippen LogP contribution in [0.3, 0.4) is 0 Å². The highest BCUT2D eigenvalue weighted by Gasteiger charge is 2.53. The summed E-state index contributed by atoms with van der Waals surface area (Å²) < 4.78 is 52.3. The van der Waals surface area contributed by atoms with Crippen molar-refractivity contribution >= 4 is 0 Å². The number of aromatic nitrogens is 1. The van der Waals surface area contributed by atoms with Crippen molar-refractivity contribution in [3.05, 3.63) is 63.5 Å². The summed E-state index contributed by atoms with van der Waals surface area (Å²) in [5.74, 6) is 0. The van der Waals surface area contributed by atoms with Crippen molar-refractivity contribution in [1.82, 2.24) is 4.98 Å². The predicted molar refractivity (Wildman–Crippen MR) is 126 cm³/mol. The van der Waals surface area contributed by atoms with Gasteiger partial charge in [-0.3, -0.25) is 4.98 Å². The lowest BCUT2D eigenvalue weighted by molar-refractivity contribution is -0.137. The van der Waals surface area contributed by atoms with Crippen molar-refractivity contribution in [2.75, 3.05) is 13.2 Å². The summed E-state index contributed by atoms with van der Waals surface area (Å²) in [4.78, 5) is 5.16. The van der Waals surface area contributed by atoms with E-state index < -0.39 is 29.5 Å². The molecule has 3 heterocycles. The number of benzene rings is 1. The van der Waals surface area contributed by atoms with Gasteiger partial charge < -0.3 is 14.6 Å². The average molecular weight is 490 g/mol.